The fourth-order valence-electron chi connectivity index (χ4n) is 0.771. The third-order valence-corrected chi connectivity index (χ3v) is 3.08. The molecule has 0 radical (unpaired) electrons. The predicted molar refractivity (Wildman–Crippen MR) is 39.7 cm³/mol. The lowest BCUT2D eigenvalue weighted by Crippen LogP contribution is -2.29. The zero-order chi connectivity index (χ0) is 8.65. The Morgan fingerprint density at radius 3 is 2.36 bits per heavy atom. The van der Waals surface area contributed by atoms with Crippen LogP contribution < -0.4 is 5.32 Å². The van der Waals surface area contributed by atoms with Crippen molar-refractivity contribution in [2.75, 3.05) is 0 Å². The Balaban J connectivity index is 2.94. The van der Waals surface area contributed by atoms with Crippen LogP contribution in [0.5, 0.6) is 0 Å². The normalized spacial score (nSPS) is 29.7. The molecule has 1 aliphatic rings. The minimum absolute atomic E-state index is 0.280. The summed E-state index contributed by atoms with van der Waals surface area (Å²) in [5.74, 6) is -1.30. The van der Waals surface area contributed by atoms with E-state index in [0.29, 0.717) is 0 Å². The van der Waals surface area contributed by atoms with Gasteiger partial charge in [-0.3, -0.25) is 14.9 Å². The highest BCUT2D eigenvalue weighted by atomic mass is 32.8. The van der Waals surface area contributed by atoms with Gasteiger partial charge < -0.3 is 4.55 Å². The smallest absolute Gasteiger partial charge is 0.245 e. The molecule has 0 aromatic heterocycles. The van der Waals surface area contributed by atoms with Crippen LogP contribution in [0, 0.1) is 0 Å². The van der Waals surface area contributed by atoms with Crippen molar-refractivity contribution in [2.45, 2.75) is 11.7 Å². The maximum atomic E-state index is 10.7. The van der Waals surface area contributed by atoms with Crippen molar-refractivity contribution < 1.29 is 18.4 Å². The van der Waals surface area contributed by atoms with E-state index in [1.807, 2.05) is 5.32 Å². The van der Waals surface area contributed by atoms with Gasteiger partial charge in [-0.15, -0.1) is 0 Å². The quantitative estimate of drug-likeness (QED) is 0.504. The Labute approximate surface area is 67.7 Å². The van der Waals surface area contributed by atoms with Crippen molar-refractivity contribution in [2.24, 2.45) is 0 Å². The molecule has 0 aromatic carbocycles. The Hall–Kier alpha value is -0.530. The number of amides is 2. The first kappa shape index (κ1) is 8.57. The van der Waals surface area contributed by atoms with Gasteiger partial charge in [-0.05, 0) is 0 Å². The molecule has 2 N–H and O–H groups in total. The van der Waals surface area contributed by atoms with E-state index in [4.69, 9.17) is 4.55 Å². The minimum atomic E-state index is -3.58. The van der Waals surface area contributed by atoms with Crippen molar-refractivity contribution >= 4 is 31.8 Å². The molecule has 2 unspecified atom stereocenters. The molecule has 1 heterocycles. The monoisotopic (exact) mass is 195 g/mol. The number of nitrogens with one attached hydrogen (secondary N) is 1. The maximum absolute atomic E-state index is 10.7. The molecule has 1 fully saturated rings. The van der Waals surface area contributed by atoms with Crippen molar-refractivity contribution in [3.8, 4) is 0 Å². The highest BCUT2D eigenvalue weighted by Crippen LogP contribution is 2.10. The zero-order valence-corrected chi connectivity index (χ0v) is 6.91. The molecule has 11 heavy (non-hydrogen) atoms. The van der Waals surface area contributed by atoms with Gasteiger partial charge >= 0.3 is 0 Å². The van der Waals surface area contributed by atoms with Gasteiger partial charge in [0, 0.05) is 11.2 Å². The lowest BCUT2D eigenvalue weighted by molar-refractivity contribution is -0.124. The molecule has 1 aliphatic heterocycles. The summed E-state index contributed by atoms with van der Waals surface area (Å²) < 4.78 is 19.4. The molecule has 1 saturated heterocycles. The van der Waals surface area contributed by atoms with Gasteiger partial charge in [0.1, 0.15) is 5.25 Å². The fourth-order valence-corrected chi connectivity index (χ4v) is 1.93. The molecule has 2 amide bonds. The predicted octanol–water partition coefficient (Wildman–Crippen LogP) is -1.38. The average molecular weight is 195 g/mol. The Kier molecular flexibility index (Phi) is 1.95. The van der Waals surface area contributed by atoms with Crippen LogP contribution in [0.2, 0.25) is 0 Å². The van der Waals surface area contributed by atoms with Crippen molar-refractivity contribution in [1.29, 1.82) is 0 Å². The molecular weight excluding hydrogens is 190 g/mol. The van der Waals surface area contributed by atoms with Crippen molar-refractivity contribution in [3.05, 3.63) is 0 Å². The van der Waals surface area contributed by atoms with Gasteiger partial charge in [0.25, 0.3) is 0 Å². The van der Waals surface area contributed by atoms with Crippen LogP contribution in [0.3, 0.4) is 0 Å². The summed E-state index contributed by atoms with van der Waals surface area (Å²) >= 11 is 4.14. The first-order valence-corrected chi connectivity index (χ1v) is 5.21. The van der Waals surface area contributed by atoms with E-state index in [2.05, 4.69) is 11.2 Å². The number of hydrogen-bond donors (Lipinski definition) is 2. The summed E-state index contributed by atoms with van der Waals surface area (Å²) in [7, 11) is -3.58. The molecule has 1 rings (SSSR count). The lowest BCUT2D eigenvalue weighted by atomic mass is 10.4. The molecule has 7 heteroatoms. The van der Waals surface area contributed by atoms with E-state index in [9.17, 15) is 13.8 Å². The van der Waals surface area contributed by atoms with Gasteiger partial charge in [0.2, 0.25) is 11.8 Å². The van der Waals surface area contributed by atoms with Crippen molar-refractivity contribution in [1.82, 2.24) is 5.32 Å². The summed E-state index contributed by atoms with van der Waals surface area (Å²) in [6.45, 7) is 0. The minimum Gasteiger partial charge on any atom is -0.305 e. The topological polar surface area (TPSA) is 83.5 Å². The van der Waals surface area contributed by atoms with Crippen LogP contribution in [-0.4, -0.2) is 25.8 Å². The summed E-state index contributed by atoms with van der Waals surface area (Å²) in [6.07, 6.45) is -0.280. The molecular formula is C4H5NO4S2. The Morgan fingerprint density at radius 2 is 2.18 bits per heavy atom. The molecule has 0 spiro atoms. The molecule has 0 aromatic rings. The largest absolute Gasteiger partial charge is 0.305 e. The molecule has 0 bridgehead atoms. The third kappa shape index (κ3) is 1.73. The number of rotatable bonds is 1. The standard InChI is InChI=1S/C4H5NO4S2/c6-3-1-2(4(7)5-3)11(8,9)10/h2H,1H2,(H,5,6,7)(H,8,9,10). The number of carbonyl (C=O) groups is 2. The second-order valence-electron chi connectivity index (χ2n) is 2.12. The average Bonchev–Trinajstić information content (AvgIpc) is 2.08. The fraction of sp³-hybridized carbons (Fsp3) is 0.500. The highest BCUT2D eigenvalue weighted by Gasteiger charge is 2.37. The summed E-state index contributed by atoms with van der Waals surface area (Å²) in [4.78, 5) is 21.2. The Bertz CT molecular complexity index is 306. The third-order valence-electron chi connectivity index (χ3n) is 1.29. The van der Waals surface area contributed by atoms with Gasteiger partial charge in [0.05, 0.1) is 6.42 Å². The van der Waals surface area contributed by atoms with E-state index in [0.717, 1.165) is 0 Å². The van der Waals surface area contributed by atoms with E-state index in [-0.39, 0.29) is 6.42 Å². The molecule has 2 atom stereocenters. The molecule has 5 nitrogen and oxygen atoms in total. The molecule has 62 valence electrons. The first-order chi connectivity index (χ1) is 4.91. The van der Waals surface area contributed by atoms with E-state index < -0.39 is 25.8 Å². The maximum Gasteiger partial charge on any atom is 0.245 e. The number of carbonyl (C=O) groups excluding carboxylic acids is 2. The summed E-state index contributed by atoms with van der Waals surface area (Å²) in [5.41, 5.74) is 0. The van der Waals surface area contributed by atoms with Crippen LogP contribution in [0.4, 0.5) is 0 Å². The van der Waals surface area contributed by atoms with Gasteiger partial charge in [0.15, 0.2) is 8.77 Å². The van der Waals surface area contributed by atoms with Crippen LogP contribution in [0.15, 0.2) is 0 Å². The van der Waals surface area contributed by atoms with E-state index in [1.165, 1.54) is 0 Å². The van der Waals surface area contributed by atoms with Gasteiger partial charge in [-0.1, -0.05) is 0 Å². The second kappa shape index (κ2) is 2.50. The molecule has 0 aliphatic carbocycles. The first-order valence-electron chi connectivity index (χ1n) is 2.71. The van der Waals surface area contributed by atoms with Crippen molar-refractivity contribution in [3.63, 3.8) is 0 Å². The van der Waals surface area contributed by atoms with E-state index >= 15 is 0 Å². The molecule has 0 saturated carbocycles. The highest BCUT2D eigenvalue weighted by molar-refractivity contribution is 8.30. The zero-order valence-electron chi connectivity index (χ0n) is 5.27. The Morgan fingerprint density at radius 1 is 1.64 bits per heavy atom. The lowest BCUT2D eigenvalue weighted by Gasteiger charge is -2.01. The SMILES string of the molecule is O=C1CC(S(=O)(O)=S)C(=O)N1. The van der Waals surface area contributed by atoms with Crippen LogP contribution >= 0.6 is 0 Å². The summed E-state index contributed by atoms with van der Waals surface area (Å²) in [5, 5.41) is 0.644. The van der Waals surface area contributed by atoms with E-state index in [1.54, 1.807) is 0 Å². The van der Waals surface area contributed by atoms with Gasteiger partial charge in [-0.25, -0.2) is 4.21 Å². The number of hydrogen-bond acceptors (Lipinski definition) is 4. The summed E-state index contributed by atoms with van der Waals surface area (Å²) in [6, 6.07) is 0. The van der Waals surface area contributed by atoms with Gasteiger partial charge in [-0.2, -0.15) is 0 Å². The second-order valence-corrected chi connectivity index (χ2v) is 5.15. The van der Waals surface area contributed by atoms with Crippen LogP contribution in [-0.2, 0) is 29.6 Å². The number of imide groups is 1. The van der Waals surface area contributed by atoms with Crippen LogP contribution in [0.1, 0.15) is 6.42 Å². The van der Waals surface area contributed by atoms with Crippen LogP contribution in [0.25, 0.3) is 0 Å².